The van der Waals surface area contributed by atoms with E-state index in [1.807, 2.05) is 36.9 Å². The first-order valence-electron chi connectivity index (χ1n) is 10.3. The molecule has 1 amide bonds. The number of pyridine rings is 1. The van der Waals surface area contributed by atoms with Gasteiger partial charge in [-0.15, -0.1) is 10.2 Å². The van der Waals surface area contributed by atoms with Crippen molar-refractivity contribution in [3.63, 3.8) is 0 Å². The van der Waals surface area contributed by atoms with E-state index >= 15 is 0 Å². The number of hydrogen-bond acceptors (Lipinski definition) is 8. The molecule has 0 radical (unpaired) electrons. The number of piperidine rings is 1. The molecule has 1 unspecified atom stereocenters. The maximum Gasteiger partial charge on any atom is 0.227 e. The summed E-state index contributed by atoms with van der Waals surface area (Å²) >= 11 is 1.54. The molecule has 0 spiro atoms. The van der Waals surface area contributed by atoms with E-state index in [1.54, 1.807) is 0 Å². The van der Waals surface area contributed by atoms with E-state index in [1.165, 1.54) is 11.3 Å². The first-order chi connectivity index (χ1) is 14.5. The van der Waals surface area contributed by atoms with Crippen LogP contribution in [-0.2, 0) is 17.6 Å². The summed E-state index contributed by atoms with van der Waals surface area (Å²) in [6.45, 7) is 7.25. The van der Waals surface area contributed by atoms with Crippen LogP contribution < -0.4 is 5.32 Å². The summed E-state index contributed by atoms with van der Waals surface area (Å²) in [5.41, 5.74) is 2.68. The van der Waals surface area contributed by atoms with Crippen molar-refractivity contribution in [2.75, 3.05) is 18.4 Å². The van der Waals surface area contributed by atoms with Gasteiger partial charge in [0.2, 0.25) is 11.0 Å². The Morgan fingerprint density at radius 2 is 2.20 bits per heavy atom. The molecule has 1 atom stereocenters. The average molecular weight is 427 g/mol. The second kappa shape index (κ2) is 8.91. The Morgan fingerprint density at radius 1 is 1.33 bits per heavy atom. The molecule has 1 N–H and O–H groups in total. The second-order valence-corrected chi connectivity index (χ2v) is 8.65. The molecule has 3 aromatic heterocycles. The number of carbonyl (C=O) groups excluding carboxylic acids is 1. The summed E-state index contributed by atoms with van der Waals surface area (Å²) < 4.78 is 5.20. The van der Waals surface area contributed by atoms with Crippen molar-refractivity contribution in [1.29, 1.82) is 0 Å². The normalized spacial score (nSPS) is 16.6. The third-order valence-corrected chi connectivity index (χ3v) is 6.46. The molecule has 0 aromatic carbocycles. The van der Waals surface area contributed by atoms with Crippen molar-refractivity contribution in [2.24, 2.45) is 0 Å². The van der Waals surface area contributed by atoms with E-state index in [0.29, 0.717) is 13.0 Å². The summed E-state index contributed by atoms with van der Waals surface area (Å²) in [6, 6.07) is 5.96. The summed E-state index contributed by atoms with van der Waals surface area (Å²) in [5.74, 6) is 1.81. The van der Waals surface area contributed by atoms with Gasteiger partial charge in [0.05, 0.1) is 12.1 Å². The monoisotopic (exact) mass is 426 g/mol. The van der Waals surface area contributed by atoms with Crippen LogP contribution in [0.4, 0.5) is 10.9 Å². The van der Waals surface area contributed by atoms with Crippen LogP contribution in [0.15, 0.2) is 22.7 Å². The van der Waals surface area contributed by atoms with Crippen molar-refractivity contribution in [1.82, 2.24) is 25.2 Å². The van der Waals surface area contributed by atoms with Crippen molar-refractivity contribution >= 4 is 28.2 Å². The van der Waals surface area contributed by atoms with Gasteiger partial charge in [-0.25, -0.2) is 4.98 Å². The Labute approximate surface area is 179 Å². The van der Waals surface area contributed by atoms with Gasteiger partial charge in [0.1, 0.15) is 16.6 Å². The largest absolute Gasteiger partial charge is 0.361 e. The molecule has 0 aliphatic carbocycles. The fourth-order valence-electron chi connectivity index (χ4n) is 3.77. The van der Waals surface area contributed by atoms with Crippen LogP contribution in [0, 0.1) is 13.8 Å². The van der Waals surface area contributed by atoms with Crippen LogP contribution in [-0.4, -0.2) is 44.2 Å². The van der Waals surface area contributed by atoms with E-state index in [0.717, 1.165) is 64.5 Å². The number of aromatic nitrogens is 4. The lowest BCUT2D eigenvalue weighted by molar-refractivity contribution is -0.131. The standard InChI is InChI=1S/C21H26N6O2S/c1-4-19-24-25-21(30-19)23-18-9-5-8-17(22-18)15-7-6-10-27(12-15)20(28)11-16-13(2)26-29-14(16)3/h5,8-9,15H,4,6-7,10-12H2,1-3H3,(H,22,23,25). The van der Waals surface area contributed by atoms with Gasteiger partial charge in [-0.3, -0.25) is 4.79 Å². The van der Waals surface area contributed by atoms with Crippen LogP contribution in [0.3, 0.4) is 0 Å². The maximum absolute atomic E-state index is 12.9. The number of rotatable bonds is 6. The molecule has 4 rings (SSSR count). The summed E-state index contributed by atoms with van der Waals surface area (Å²) in [6.07, 6.45) is 3.18. The van der Waals surface area contributed by atoms with E-state index < -0.39 is 0 Å². The molecule has 1 saturated heterocycles. The van der Waals surface area contributed by atoms with Gasteiger partial charge < -0.3 is 14.7 Å². The van der Waals surface area contributed by atoms with Gasteiger partial charge in [-0.05, 0) is 45.2 Å². The minimum absolute atomic E-state index is 0.115. The number of likely N-dealkylation sites (tertiary alicyclic amines) is 1. The fraction of sp³-hybridized carbons (Fsp3) is 0.476. The van der Waals surface area contributed by atoms with E-state index in [-0.39, 0.29) is 11.8 Å². The minimum atomic E-state index is 0.115. The predicted molar refractivity (Wildman–Crippen MR) is 115 cm³/mol. The number of aryl methyl sites for hydroxylation is 3. The minimum Gasteiger partial charge on any atom is -0.361 e. The van der Waals surface area contributed by atoms with Gasteiger partial charge in [0, 0.05) is 30.3 Å². The van der Waals surface area contributed by atoms with Crippen molar-refractivity contribution in [3.05, 3.63) is 45.9 Å². The van der Waals surface area contributed by atoms with Gasteiger partial charge in [0.25, 0.3) is 0 Å². The third-order valence-electron chi connectivity index (χ3n) is 5.48. The molecule has 1 aliphatic heterocycles. The topological polar surface area (TPSA) is 97.0 Å². The fourth-order valence-corrected chi connectivity index (χ4v) is 4.45. The van der Waals surface area contributed by atoms with Crippen LogP contribution in [0.1, 0.15) is 53.4 Å². The number of nitrogens with zero attached hydrogens (tertiary/aromatic N) is 5. The lowest BCUT2D eigenvalue weighted by Crippen LogP contribution is -2.40. The lowest BCUT2D eigenvalue weighted by atomic mass is 9.93. The Morgan fingerprint density at radius 3 is 2.93 bits per heavy atom. The summed E-state index contributed by atoms with van der Waals surface area (Å²) in [5, 5.41) is 17.2. The zero-order chi connectivity index (χ0) is 21.1. The highest BCUT2D eigenvalue weighted by molar-refractivity contribution is 7.15. The van der Waals surface area contributed by atoms with Crippen LogP contribution >= 0.6 is 11.3 Å². The first kappa shape index (κ1) is 20.5. The van der Waals surface area contributed by atoms with Crippen molar-refractivity contribution in [3.8, 4) is 0 Å². The Balaban J connectivity index is 1.43. The van der Waals surface area contributed by atoms with Crippen molar-refractivity contribution < 1.29 is 9.32 Å². The SMILES string of the molecule is CCc1nnc(Nc2cccc(C3CCCN(C(=O)Cc4c(C)noc4C)C3)n2)s1. The lowest BCUT2D eigenvalue weighted by Gasteiger charge is -2.32. The smallest absolute Gasteiger partial charge is 0.227 e. The van der Waals surface area contributed by atoms with Crippen molar-refractivity contribution in [2.45, 2.75) is 52.4 Å². The van der Waals surface area contributed by atoms with Crippen LogP contribution in [0.5, 0.6) is 0 Å². The summed E-state index contributed by atoms with van der Waals surface area (Å²) in [7, 11) is 0. The molecule has 158 valence electrons. The van der Waals surface area contributed by atoms with Gasteiger partial charge in [-0.2, -0.15) is 0 Å². The van der Waals surface area contributed by atoms with Gasteiger partial charge in [0.15, 0.2) is 0 Å². The third kappa shape index (κ3) is 4.51. The molecular formula is C21H26N6O2S. The number of carbonyl (C=O) groups is 1. The predicted octanol–water partition coefficient (Wildman–Crippen LogP) is 3.79. The quantitative estimate of drug-likeness (QED) is 0.640. The number of anilines is 2. The molecule has 3 aromatic rings. The Hall–Kier alpha value is -2.81. The number of hydrogen-bond donors (Lipinski definition) is 1. The van der Waals surface area contributed by atoms with Crippen LogP contribution in [0.25, 0.3) is 0 Å². The molecular weight excluding hydrogens is 400 g/mol. The summed E-state index contributed by atoms with van der Waals surface area (Å²) in [4.78, 5) is 19.6. The maximum atomic E-state index is 12.9. The van der Waals surface area contributed by atoms with Gasteiger partial charge in [-0.1, -0.05) is 29.5 Å². The molecule has 1 aliphatic rings. The molecule has 30 heavy (non-hydrogen) atoms. The van der Waals surface area contributed by atoms with E-state index in [2.05, 4.69) is 27.6 Å². The highest BCUT2D eigenvalue weighted by Gasteiger charge is 2.27. The van der Waals surface area contributed by atoms with E-state index in [4.69, 9.17) is 9.51 Å². The number of nitrogens with one attached hydrogen (secondary N) is 1. The van der Waals surface area contributed by atoms with Gasteiger partial charge >= 0.3 is 0 Å². The Kier molecular flexibility index (Phi) is 6.08. The zero-order valence-corrected chi connectivity index (χ0v) is 18.3. The highest BCUT2D eigenvalue weighted by atomic mass is 32.1. The molecule has 8 nitrogen and oxygen atoms in total. The molecule has 0 bridgehead atoms. The molecule has 9 heteroatoms. The van der Waals surface area contributed by atoms with E-state index in [9.17, 15) is 4.79 Å². The van der Waals surface area contributed by atoms with Crippen LogP contribution in [0.2, 0.25) is 0 Å². The zero-order valence-electron chi connectivity index (χ0n) is 17.5. The molecule has 0 saturated carbocycles. The Bertz CT molecular complexity index is 1010. The molecule has 4 heterocycles. The first-order valence-corrected chi connectivity index (χ1v) is 11.1. The number of amides is 1. The molecule has 1 fully saturated rings. The average Bonchev–Trinajstić information content (AvgIpc) is 3.35. The second-order valence-electron chi connectivity index (χ2n) is 7.59. The highest BCUT2D eigenvalue weighted by Crippen LogP contribution is 2.28.